The Labute approximate surface area is 131 Å². The molecule has 1 aliphatic rings. The van der Waals surface area contributed by atoms with Crippen LogP contribution in [0, 0.1) is 0 Å². The molecule has 1 aliphatic heterocycles. The second-order valence-electron chi connectivity index (χ2n) is 5.04. The molecule has 8 heteroatoms. The lowest BCUT2D eigenvalue weighted by atomic mass is 9.99. The molecule has 5 atom stereocenters. The van der Waals surface area contributed by atoms with Gasteiger partial charge in [-0.2, -0.15) is 0 Å². The van der Waals surface area contributed by atoms with Gasteiger partial charge in [0.05, 0.1) is 6.61 Å². The zero-order chi connectivity index (χ0) is 17.0. The third-order valence-electron chi connectivity index (χ3n) is 3.40. The number of carboxylic acid groups (broad SMARTS) is 1. The number of hydrogen-bond donors (Lipinski definition) is 5. The van der Waals surface area contributed by atoms with Crippen molar-refractivity contribution in [3.63, 3.8) is 0 Å². The molecule has 0 aliphatic carbocycles. The maximum Gasteiger partial charge on any atom is 0.371 e. The van der Waals surface area contributed by atoms with Crippen molar-refractivity contribution in [1.29, 1.82) is 0 Å². The highest BCUT2D eigenvalue weighted by atomic mass is 16.7. The van der Waals surface area contributed by atoms with Gasteiger partial charge in [-0.3, -0.25) is 0 Å². The van der Waals surface area contributed by atoms with Crippen LogP contribution < -0.4 is 0 Å². The maximum atomic E-state index is 11.3. The number of carbonyl (C=O) groups is 1. The minimum absolute atomic E-state index is 0.513. The minimum atomic E-state index is -1.67. The molecule has 0 unspecified atom stereocenters. The number of aliphatic hydroxyl groups is 4. The molecule has 126 valence electrons. The van der Waals surface area contributed by atoms with Gasteiger partial charge in [0, 0.05) is 0 Å². The van der Waals surface area contributed by atoms with Crippen LogP contribution in [0.5, 0.6) is 0 Å². The fourth-order valence-corrected chi connectivity index (χ4v) is 2.14. The Morgan fingerprint density at radius 2 is 1.78 bits per heavy atom. The summed E-state index contributed by atoms with van der Waals surface area (Å²) in [7, 11) is 0. The number of benzene rings is 1. The van der Waals surface area contributed by atoms with E-state index in [-0.39, 0.29) is 0 Å². The van der Waals surface area contributed by atoms with E-state index in [2.05, 4.69) is 0 Å². The molecule has 5 N–H and O–H groups in total. The van der Waals surface area contributed by atoms with E-state index in [1.54, 1.807) is 30.3 Å². The van der Waals surface area contributed by atoms with E-state index in [1.165, 1.54) is 6.08 Å². The van der Waals surface area contributed by atoms with Gasteiger partial charge in [-0.1, -0.05) is 30.3 Å². The molecule has 1 fully saturated rings. The number of hydrogen-bond acceptors (Lipinski definition) is 7. The highest BCUT2D eigenvalue weighted by Crippen LogP contribution is 2.24. The SMILES string of the molecule is O=C(O)/C(=C/c1ccccc1)O[C@H]1O[C@@H](CO)[C@@H](O)[C@@H](O)[C@@H]1O. The fourth-order valence-electron chi connectivity index (χ4n) is 2.14. The average Bonchev–Trinajstić information content (AvgIpc) is 2.55. The summed E-state index contributed by atoms with van der Waals surface area (Å²) < 4.78 is 10.2. The first kappa shape index (κ1) is 17.4. The molecule has 0 aromatic heterocycles. The Hall–Kier alpha value is -1.97. The van der Waals surface area contributed by atoms with E-state index < -0.39 is 49.0 Å². The van der Waals surface area contributed by atoms with Gasteiger partial charge in [0.25, 0.3) is 0 Å². The van der Waals surface area contributed by atoms with Gasteiger partial charge in [-0.15, -0.1) is 0 Å². The van der Waals surface area contributed by atoms with Crippen molar-refractivity contribution in [3.05, 3.63) is 41.7 Å². The Balaban J connectivity index is 2.19. The predicted molar refractivity (Wildman–Crippen MR) is 76.9 cm³/mol. The van der Waals surface area contributed by atoms with Crippen molar-refractivity contribution in [2.24, 2.45) is 0 Å². The average molecular weight is 326 g/mol. The van der Waals surface area contributed by atoms with Gasteiger partial charge in [0.1, 0.15) is 24.4 Å². The number of aliphatic hydroxyl groups excluding tert-OH is 4. The summed E-state index contributed by atoms with van der Waals surface area (Å²) in [6.07, 6.45) is -6.35. The summed E-state index contributed by atoms with van der Waals surface area (Å²) >= 11 is 0. The van der Waals surface area contributed by atoms with E-state index in [0.29, 0.717) is 5.56 Å². The first-order valence-corrected chi connectivity index (χ1v) is 6.91. The standard InChI is InChI=1S/C15H18O8/c16-7-10-11(17)12(18)13(19)15(23-10)22-9(14(20)21)6-8-4-2-1-3-5-8/h1-6,10-13,15-19H,7H2,(H,20,21)/b9-6-/t10-,11+,12+,13-,15-/m0/s1. The highest BCUT2D eigenvalue weighted by molar-refractivity contribution is 5.89. The van der Waals surface area contributed by atoms with Gasteiger partial charge in [0.2, 0.25) is 12.0 Å². The Morgan fingerprint density at radius 1 is 1.13 bits per heavy atom. The number of carboxylic acids is 1. The quantitative estimate of drug-likeness (QED) is 0.341. The second-order valence-corrected chi connectivity index (χ2v) is 5.04. The van der Waals surface area contributed by atoms with Crippen LogP contribution in [0.1, 0.15) is 5.56 Å². The highest BCUT2D eigenvalue weighted by Gasteiger charge is 2.45. The van der Waals surface area contributed by atoms with Crippen molar-refractivity contribution in [1.82, 2.24) is 0 Å². The van der Waals surface area contributed by atoms with Crippen molar-refractivity contribution in [3.8, 4) is 0 Å². The smallest absolute Gasteiger partial charge is 0.371 e. The van der Waals surface area contributed by atoms with E-state index in [1.807, 2.05) is 0 Å². The first-order valence-electron chi connectivity index (χ1n) is 6.91. The Morgan fingerprint density at radius 3 is 2.35 bits per heavy atom. The van der Waals surface area contributed by atoms with Gasteiger partial charge in [-0.05, 0) is 11.6 Å². The van der Waals surface area contributed by atoms with Gasteiger partial charge in [0.15, 0.2) is 0 Å². The van der Waals surface area contributed by atoms with E-state index >= 15 is 0 Å². The third-order valence-corrected chi connectivity index (χ3v) is 3.40. The third kappa shape index (κ3) is 4.06. The fraction of sp³-hybridized carbons (Fsp3) is 0.400. The molecule has 8 nitrogen and oxygen atoms in total. The predicted octanol–water partition coefficient (Wildman–Crippen LogP) is -1.07. The second kappa shape index (κ2) is 7.53. The summed E-state index contributed by atoms with van der Waals surface area (Å²) in [6.45, 7) is -0.629. The zero-order valence-electron chi connectivity index (χ0n) is 12.0. The normalized spacial score (nSPS) is 31.7. The molecule has 0 bridgehead atoms. The summed E-state index contributed by atoms with van der Waals surface area (Å²) in [5, 5.41) is 47.5. The number of ether oxygens (including phenoxy) is 2. The molecule has 0 spiro atoms. The van der Waals surface area contributed by atoms with Crippen LogP contribution >= 0.6 is 0 Å². The number of rotatable bonds is 5. The number of aliphatic carboxylic acids is 1. The lowest BCUT2D eigenvalue weighted by molar-refractivity contribution is -0.291. The Kier molecular flexibility index (Phi) is 5.69. The Bertz CT molecular complexity index is 556. The lowest BCUT2D eigenvalue weighted by Gasteiger charge is -2.39. The van der Waals surface area contributed by atoms with E-state index in [4.69, 9.17) is 14.6 Å². The van der Waals surface area contributed by atoms with Gasteiger partial charge >= 0.3 is 5.97 Å². The van der Waals surface area contributed by atoms with Gasteiger partial charge < -0.3 is 35.0 Å². The first-order chi connectivity index (χ1) is 10.9. The van der Waals surface area contributed by atoms with Crippen LogP contribution in [0.2, 0.25) is 0 Å². The molecule has 1 aromatic rings. The zero-order valence-corrected chi connectivity index (χ0v) is 12.0. The molecular formula is C15H18O8. The van der Waals surface area contributed by atoms with Crippen LogP contribution in [0.3, 0.4) is 0 Å². The molecule has 2 rings (SSSR count). The lowest BCUT2D eigenvalue weighted by Crippen LogP contribution is -2.59. The van der Waals surface area contributed by atoms with Crippen molar-refractivity contribution in [2.75, 3.05) is 6.61 Å². The largest absolute Gasteiger partial charge is 0.475 e. The summed E-state index contributed by atoms with van der Waals surface area (Å²) in [6, 6.07) is 8.48. The van der Waals surface area contributed by atoms with E-state index in [9.17, 15) is 25.2 Å². The monoisotopic (exact) mass is 326 g/mol. The molecule has 0 saturated carbocycles. The van der Waals surface area contributed by atoms with Crippen molar-refractivity contribution < 1.29 is 39.8 Å². The van der Waals surface area contributed by atoms with E-state index in [0.717, 1.165) is 0 Å². The van der Waals surface area contributed by atoms with Crippen LogP contribution in [0.4, 0.5) is 0 Å². The molecule has 1 aromatic carbocycles. The molecule has 0 amide bonds. The molecule has 1 heterocycles. The molecule has 23 heavy (non-hydrogen) atoms. The summed E-state index contributed by atoms with van der Waals surface area (Å²) in [5.74, 6) is -1.91. The van der Waals surface area contributed by atoms with Crippen LogP contribution in [0.25, 0.3) is 6.08 Å². The maximum absolute atomic E-state index is 11.3. The van der Waals surface area contributed by atoms with Crippen molar-refractivity contribution >= 4 is 12.0 Å². The van der Waals surface area contributed by atoms with Crippen LogP contribution in [0.15, 0.2) is 36.1 Å². The minimum Gasteiger partial charge on any atom is -0.475 e. The van der Waals surface area contributed by atoms with Crippen LogP contribution in [-0.4, -0.2) is 68.8 Å². The summed E-state index contributed by atoms with van der Waals surface area (Å²) in [5.41, 5.74) is 0.550. The topological polar surface area (TPSA) is 137 Å². The molecular weight excluding hydrogens is 308 g/mol. The van der Waals surface area contributed by atoms with Crippen molar-refractivity contribution in [2.45, 2.75) is 30.7 Å². The summed E-state index contributed by atoms with van der Waals surface area (Å²) in [4.78, 5) is 11.3. The molecule has 0 radical (unpaired) electrons. The van der Waals surface area contributed by atoms with Crippen LogP contribution in [-0.2, 0) is 14.3 Å². The van der Waals surface area contributed by atoms with Gasteiger partial charge in [-0.25, -0.2) is 4.79 Å². The molecule has 1 saturated heterocycles.